The average molecular weight is 291 g/mol. The van der Waals surface area contributed by atoms with Crippen molar-refractivity contribution in [2.45, 2.75) is 57.6 Å². The van der Waals surface area contributed by atoms with Gasteiger partial charge in [-0.2, -0.15) is 0 Å². The summed E-state index contributed by atoms with van der Waals surface area (Å²) in [5, 5.41) is 10.2. The Bertz CT molecular complexity index is 510. The van der Waals surface area contributed by atoms with Crippen LogP contribution in [0.15, 0.2) is 0 Å². The van der Waals surface area contributed by atoms with Crippen molar-refractivity contribution in [3.63, 3.8) is 0 Å². The van der Waals surface area contributed by atoms with Gasteiger partial charge in [-0.05, 0) is 34.1 Å². The molecule has 0 radical (unpaired) electrons. The number of nitrogens with zero attached hydrogens (tertiary/aromatic N) is 1. The molecule has 1 N–H and O–H groups in total. The first-order chi connectivity index (χ1) is 8.08. The molecule has 1 aromatic rings. The summed E-state index contributed by atoms with van der Waals surface area (Å²) in [7, 11) is -3.14. The van der Waals surface area contributed by atoms with Gasteiger partial charge in [0.25, 0.3) is 0 Å². The van der Waals surface area contributed by atoms with Gasteiger partial charge in [-0.25, -0.2) is 13.4 Å². The maximum absolute atomic E-state index is 11.9. The van der Waals surface area contributed by atoms with Crippen LogP contribution < -0.4 is 0 Å². The van der Waals surface area contributed by atoms with E-state index in [1.165, 1.54) is 11.3 Å². The predicted molar refractivity (Wildman–Crippen MR) is 74.5 cm³/mol. The van der Waals surface area contributed by atoms with E-state index in [-0.39, 0.29) is 5.75 Å². The van der Waals surface area contributed by atoms with E-state index in [1.54, 1.807) is 27.7 Å². The van der Waals surface area contributed by atoms with Gasteiger partial charge in [-0.3, -0.25) is 0 Å². The molecule has 18 heavy (non-hydrogen) atoms. The highest BCUT2D eigenvalue weighted by Crippen LogP contribution is 2.31. The van der Waals surface area contributed by atoms with Gasteiger partial charge in [0, 0.05) is 0 Å². The van der Waals surface area contributed by atoms with Gasteiger partial charge in [0.1, 0.15) is 10.8 Å². The molecule has 0 saturated heterocycles. The van der Waals surface area contributed by atoms with Crippen LogP contribution in [0.25, 0.3) is 0 Å². The Morgan fingerprint density at radius 3 is 2.28 bits per heavy atom. The van der Waals surface area contributed by atoms with E-state index in [0.717, 1.165) is 10.6 Å². The number of thiazole rings is 1. The zero-order chi connectivity index (χ0) is 14.1. The van der Waals surface area contributed by atoms with Gasteiger partial charge in [-0.15, -0.1) is 11.3 Å². The molecule has 1 heterocycles. The zero-order valence-corrected chi connectivity index (χ0v) is 13.2. The molecule has 104 valence electrons. The lowest BCUT2D eigenvalue weighted by molar-refractivity contribution is 0.0814. The fourth-order valence-electron chi connectivity index (χ4n) is 1.52. The summed E-state index contributed by atoms with van der Waals surface area (Å²) in [6.07, 6.45) is 0.692. The number of aliphatic hydroxyl groups is 1. The number of hydrogen-bond acceptors (Lipinski definition) is 5. The van der Waals surface area contributed by atoms with Crippen LogP contribution in [0.4, 0.5) is 0 Å². The van der Waals surface area contributed by atoms with Crippen LogP contribution in [0.5, 0.6) is 0 Å². The molecule has 0 aliphatic carbocycles. The Hall–Kier alpha value is -0.460. The number of hydrogen-bond donors (Lipinski definition) is 1. The lowest BCUT2D eigenvalue weighted by Gasteiger charge is -2.15. The molecule has 0 saturated carbocycles. The van der Waals surface area contributed by atoms with E-state index >= 15 is 0 Å². The van der Waals surface area contributed by atoms with Gasteiger partial charge >= 0.3 is 0 Å². The van der Waals surface area contributed by atoms with Crippen LogP contribution in [0, 0.1) is 0 Å². The zero-order valence-electron chi connectivity index (χ0n) is 11.5. The van der Waals surface area contributed by atoms with Crippen molar-refractivity contribution in [1.29, 1.82) is 0 Å². The fourth-order valence-corrected chi connectivity index (χ4v) is 3.94. The average Bonchev–Trinajstić information content (AvgIpc) is 2.59. The largest absolute Gasteiger partial charge is 0.385 e. The van der Waals surface area contributed by atoms with Crippen molar-refractivity contribution in [3.8, 4) is 0 Å². The third-order valence-corrected chi connectivity index (χ3v) is 6.38. The molecule has 0 aliphatic heterocycles. The molecular weight excluding hydrogens is 270 g/mol. The predicted octanol–water partition coefficient (Wildman–Crippen LogP) is 2.26. The summed E-state index contributed by atoms with van der Waals surface area (Å²) in [6, 6.07) is 0. The Balaban J connectivity index is 3.11. The molecule has 1 aromatic heterocycles. The van der Waals surface area contributed by atoms with Crippen LogP contribution in [0.3, 0.4) is 0 Å². The van der Waals surface area contributed by atoms with E-state index in [1.807, 2.05) is 6.92 Å². The van der Waals surface area contributed by atoms with Crippen molar-refractivity contribution in [2.24, 2.45) is 0 Å². The molecule has 0 unspecified atom stereocenters. The molecule has 0 aliphatic rings. The van der Waals surface area contributed by atoms with Gasteiger partial charge in [-0.1, -0.05) is 6.92 Å². The maximum atomic E-state index is 11.9. The third-order valence-electron chi connectivity index (χ3n) is 2.68. The van der Waals surface area contributed by atoms with Crippen molar-refractivity contribution in [2.75, 3.05) is 0 Å². The summed E-state index contributed by atoms with van der Waals surface area (Å²) in [4.78, 5) is 5.11. The van der Waals surface area contributed by atoms with E-state index in [9.17, 15) is 13.5 Å². The van der Waals surface area contributed by atoms with Crippen molar-refractivity contribution >= 4 is 21.2 Å². The Morgan fingerprint density at radius 1 is 1.39 bits per heavy atom. The van der Waals surface area contributed by atoms with E-state index in [2.05, 4.69) is 4.98 Å². The Morgan fingerprint density at radius 2 is 1.94 bits per heavy atom. The smallest absolute Gasteiger partial charge is 0.159 e. The number of sulfone groups is 1. The maximum Gasteiger partial charge on any atom is 0.159 e. The molecule has 6 heteroatoms. The number of aryl methyl sites for hydroxylation is 1. The van der Waals surface area contributed by atoms with Crippen LogP contribution >= 0.6 is 11.3 Å². The summed E-state index contributed by atoms with van der Waals surface area (Å²) in [5.41, 5.74) is -0.176. The molecule has 4 nitrogen and oxygen atoms in total. The minimum atomic E-state index is -3.14. The third kappa shape index (κ3) is 3.52. The Labute approximate surface area is 113 Å². The second-order valence-electron chi connectivity index (χ2n) is 5.15. The first-order valence-electron chi connectivity index (χ1n) is 6.01. The van der Waals surface area contributed by atoms with Crippen molar-refractivity contribution in [1.82, 2.24) is 4.98 Å². The van der Waals surface area contributed by atoms with Crippen LogP contribution in [-0.2, 0) is 27.6 Å². The molecule has 1 rings (SSSR count). The first kappa shape index (κ1) is 15.6. The van der Waals surface area contributed by atoms with Gasteiger partial charge in [0.2, 0.25) is 0 Å². The second kappa shape index (κ2) is 5.27. The molecule has 0 atom stereocenters. The normalized spacial score (nSPS) is 13.3. The second-order valence-corrected chi connectivity index (χ2v) is 8.79. The SMILES string of the molecule is CCc1nc(CS(=O)(=O)C(C)C)sc1C(C)(C)O. The molecule has 0 fully saturated rings. The molecule has 0 spiro atoms. The minimum absolute atomic E-state index is 0.0432. The van der Waals surface area contributed by atoms with Crippen molar-refractivity contribution in [3.05, 3.63) is 15.6 Å². The number of aromatic nitrogens is 1. The molecule has 0 amide bonds. The topological polar surface area (TPSA) is 67.3 Å². The fraction of sp³-hybridized carbons (Fsp3) is 0.750. The minimum Gasteiger partial charge on any atom is -0.385 e. The number of rotatable bonds is 5. The van der Waals surface area contributed by atoms with Crippen LogP contribution in [0.2, 0.25) is 0 Å². The molecule has 0 aromatic carbocycles. The van der Waals surface area contributed by atoms with Crippen molar-refractivity contribution < 1.29 is 13.5 Å². The van der Waals surface area contributed by atoms with E-state index < -0.39 is 20.7 Å². The van der Waals surface area contributed by atoms with E-state index in [0.29, 0.717) is 11.4 Å². The van der Waals surface area contributed by atoms with Gasteiger partial charge in [0.05, 0.1) is 21.4 Å². The summed E-state index contributed by atoms with van der Waals surface area (Å²) < 4.78 is 23.7. The summed E-state index contributed by atoms with van der Waals surface area (Å²) in [6.45, 7) is 8.67. The molecular formula is C12H21NO3S2. The van der Waals surface area contributed by atoms with Gasteiger partial charge in [0.15, 0.2) is 9.84 Å². The quantitative estimate of drug-likeness (QED) is 0.903. The highest BCUT2D eigenvalue weighted by molar-refractivity contribution is 7.91. The van der Waals surface area contributed by atoms with E-state index in [4.69, 9.17) is 0 Å². The van der Waals surface area contributed by atoms with Crippen LogP contribution in [0.1, 0.15) is 50.2 Å². The highest BCUT2D eigenvalue weighted by Gasteiger charge is 2.26. The highest BCUT2D eigenvalue weighted by atomic mass is 32.2. The lowest BCUT2D eigenvalue weighted by Crippen LogP contribution is -2.15. The van der Waals surface area contributed by atoms with Crippen LogP contribution in [-0.4, -0.2) is 23.8 Å². The summed E-state index contributed by atoms with van der Waals surface area (Å²) in [5.74, 6) is -0.0432. The standard InChI is InChI=1S/C12H21NO3S2/c1-6-9-11(12(4,5)14)17-10(13-9)7-18(15,16)8(2)3/h8,14H,6-7H2,1-5H3. The lowest BCUT2D eigenvalue weighted by atomic mass is 10.1. The Kier molecular flexibility index (Phi) is 4.56. The van der Waals surface area contributed by atoms with Gasteiger partial charge < -0.3 is 5.11 Å². The monoisotopic (exact) mass is 291 g/mol. The summed E-state index contributed by atoms with van der Waals surface area (Å²) >= 11 is 1.30. The molecule has 0 bridgehead atoms. The first-order valence-corrected chi connectivity index (χ1v) is 8.54.